The van der Waals surface area contributed by atoms with E-state index in [9.17, 15) is 4.79 Å². The second-order valence-electron chi connectivity index (χ2n) is 4.07. The molecular formula is C11H14BrN3O2. The highest BCUT2D eigenvalue weighted by atomic mass is 79.9. The number of hydrogen-bond acceptors (Lipinski definition) is 3. The number of carbonyl (C=O) groups excluding carboxylic acids is 1. The van der Waals surface area contributed by atoms with Crippen molar-refractivity contribution in [2.75, 3.05) is 0 Å². The van der Waals surface area contributed by atoms with E-state index in [4.69, 9.17) is 10.9 Å². The van der Waals surface area contributed by atoms with Gasteiger partial charge >= 0.3 is 0 Å². The second kappa shape index (κ2) is 5.18. The molecule has 5 nitrogen and oxygen atoms in total. The molecule has 0 saturated carbocycles. The van der Waals surface area contributed by atoms with Gasteiger partial charge in [0.15, 0.2) is 5.84 Å². The van der Waals surface area contributed by atoms with Gasteiger partial charge in [0.25, 0.3) is 5.91 Å². The smallest absolute Gasteiger partial charge is 0.252 e. The van der Waals surface area contributed by atoms with Crippen LogP contribution in [0.15, 0.2) is 33.9 Å². The summed E-state index contributed by atoms with van der Waals surface area (Å²) in [5.74, 6) is -0.344. The van der Waals surface area contributed by atoms with Crippen molar-refractivity contribution >= 4 is 27.7 Å². The zero-order valence-electron chi connectivity index (χ0n) is 9.57. The predicted molar refractivity (Wildman–Crippen MR) is 69.1 cm³/mol. The Hall–Kier alpha value is -1.56. The van der Waals surface area contributed by atoms with Crippen molar-refractivity contribution in [3.05, 3.63) is 34.3 Å². The third kappa shape index (κ3) is 3.45. The summed E-state index contributed by atoms with van der Waals surface area (Å²) in [5, 5.41) is 14.2. The number of oxime groups is 1. The van der Waals surface area contributed by atoms with E-state index in [2.05, 4.69) is 26.4 Å². The Balaban J connectivity index is 2.87. The molecule has 0 aromatic heterocycles. The normalized spacial score (nSPS) is 12.3. The molecule has 0 aliphatic carbocycles. The zero-order chi connectivity index (χ0) is 13.1. The molecule has 0 saturated heterocycles. The number of benzene rings is 1. The van der Waals surface area contributed by atoms with Gasteiger partial charge in [-0.1, -0.05) is 27.2 Å². The molecule has 0 bridgehead atoms. The van der Waals surface area contributed by atoms with Gasteiger partial charge in [-0.15, -0.1) is 0 Å². The summed E-state index contributed by atoms with van der Waals surface area (Å²) in [7, 11) is 0. The molecule has 0 radical (unpaired) electrons. The lowest BCUT2D eigenvalue weighted by Crippen LogP contribution is -2.53. The monoisotopic (exact) mass is 299 g/mol. The average molecular weight is 300 g/mol. The van der Waals surface area contributed by atoms with E-state index < -0.39 is 5.54 Å². The Morgan fingerprint density at radius 3 is 2.71 bits per heavy atom. The van der Waals surface area contributed by atoms with Crippen molar-refractivity contribution in [3.63, 3.8) is 0 Å². The highest BCUT2D eigenvalue weighted by Crippen LogP contribution is 2.12. The summed E-state index contributed by atoms with van der Waals surface area (Å²) in [4.78, 5) is 11.9. The lowest BCUT2D eigenvalue weighted by molar-refractivity contribution is 0.0931. The molecule has 0 unspecified atom stereocenters. The fraction of sp³-hybridized carbons (Fsp3) is 0.273. The molecular weight excluding hydrogens is 286 g/mol. The van der Waals surface area contributed by atoms with Crippen LogP contribution in [0.2, 0.25) is 0 Å². The molecule has 92 valence electrons. The standard InChI is InChI=1S/C11H14BrN3O2/c1-11(2,10(13)15-17)14-9(16)7-4-3-5-8(12)6-7/h3-6,17H,1-2H3,(H2,13,15)(H,14,16). The maximum absolute atomic E-state index is 11.9. The molecule has 0 atom stereocenters. The minimum atomic E-state index is -0.909. The molecule has 17 heavy (non-hydrogen) atoms. The Kier molecular flexibility index (Phi) is 4.11. The van der Waals surface area contributed by atoms with Crippen molar-refractivity contribution in [2.45, 2.75) is 19.4 Å². The number of nitrogens with one attached hydrogen (secondary N) is 1. The zero-order valence-corrected chi connectivity index (χ0v) is 11.2. The van der Waals surface area contributed by atoms with Crippen molar-refractivity contribution in [3.8, 4) is 0 Å². The number of nitrogens with two attached hydrogens (primary N) is 1. The van der Waals surface area contributed by atoms with Crippen molar-refractivity contribution < 1.29 is 10.0 Å². The Morgan fingerprint density at radius 2 is 2.18 bits per heavy atom. The van der Waals surface area contributed by atoms with Crippen LogP contribution >= 0.6 is 15.9 Å². The number of rotatable bonds is 3. The molecule has 4 N–H and O–H groups in total. The highest BCUT2D eigenvalue weighted by molar-refractivity contribution is 9.10. The van der Waals surface area contributed by atoms with Gasteiger partial charge in [0.2, 0.25) is 0 Å². The SMILES string of the molecule is CC(C)(NC(=O)c1cccc(Br)c1)/C(N)=N/O. The highest BCUT2D eigenvalue weighted by Gasteiger charge is 2.26. The first-order valence-electron chi connectivity index (χ1n) is 4.93. The van der Waals surface area contributed by atoms with Gasteiger partial charge in [-0.05, 0) is 32.0 Å². The van der Waals surface area contributed by atoms with Crippen LogP contribution in [-0.4, -0.2) is 22.5 Å². The van der Waals surface area contributed by atoms with E-state index in [1.54, 1.807) is 32.0 Å². The fourth-order valence-electron chi connectivity index (χ4n) is 1.17. The molecule has 1 amide bonds. The summed E-state index contributed by atoms with van der Waals surface area (Å²) in [6.07, 6.45) is 0. The topological polar surface area (TPSA) is 87.7 Å². The summed E-state index contributed by atoms with van der Waals surface area (Å²) in [6, 6.07) is 6.96. The van der Waals surface area contributed by atoms with Gasteiger partial charge in [-0.2, -0.15) is 0 Å². The molecule has 1 aromatic carbocycles. The summed E-state index contributed by atoms with van der Waals surface area (Å²) < 4.78 is 0.812. The van der Waals surface area contributed by atoms with E-state index in [0.29, 0.717) is 5.56 Å². The van der Waals surface area contributed by atoms with Crippen LogP contribution in [0, 0.1) is 0 Å². The van der Waals surface area contributed by atoms with Gasteiger partial charge in [0, 0.05) is 10.0 Å². The van der Waals surface area contributed by atoms with E-state index in [1.807, 2.05) is 6.07 Å². The molecule has 6 heteroatoms. The largest absolute Gasteiger partial charge is 0.409 e. The van der Waals surface area contributed by atoms with Crippen LogP contribution < -0.4 is 11.1 Å². The van der Waals surface area contributed by atoms with Gasteiger partial charge < -0.3 is 16.3 Å². The molecule has 0 aliphatic rings. The fourth-order valence-corrected chi connectivity index (χ4v) is 1.57. The van der Waals surface area contributed by atoms with Crippen LogP contribution in [0.5, 0.6) is 0 Å². The predicted octanol–water partition coefficient (Wildman–Crippen LogP) is 1.70. The first-order valence-corrected chi connectivity index (χ1v) is 5.72. The quantitative estimate of drug-likeness (QED) is 0.344. The van der Waals surface area contributed by atoms with Gasteiger partial charge in [-0.25, -0.2) is 0 Å². The van der Waals surface area contributed by atoms with Gasteiger partial charge in [0.05, 0.1) is 5.54 Å². The van der Waals surface area contributed by atoms with Crippen molar-refractivity contribution in [2.24, 2.45) is 10.9 Å². The average Bonchev–Trinajstić information content (AvgIpc) is 2.27. The minimum Gasteiger partial charge on any atom is -0.409 e. The first kappa shape index (κ1) is 13.5. The van der Waals surface area contributed by atoms with E-state index in [1.165, 1.54) is 0 Å². The number of carbonyl (C=O) groups is 1. The molecule has 1 rings (SSSR count). The van der Waals surface area contributed by atoms with Crippen molar-refractivity contribution in [1.29, 1.82) is 0 Å². The van der Waals surface area contributed by atoms with E-state index in [-0.39, 0.29) is 11.7 Å². The molecule has 0 aliphatic heterocycles. The Morgan fingerprint density at radius 1 is 1.53 bits per heavy atom. The van der Waals surface area contributed by atoms with Gasteiger partial charge in [-0.3, -0.25) is 4.79 Å². The lowest BCUT2D eigenvalue weighted by Gasteiger charge is -2.24. The third-order valence-electron chi connectivity index (χ3n) is 2.26. The summed E-state index contributed by atoms with van der Waals surface area (Å²) in [6.45, 7) is 3.30. The number of amidine groups is 1. The van der Waals surface area contributed by atoms with Crippen LogP contribution in [0.25, 0.3) is 0 Å². The van der Waals surface area contributed by atoms with Crippen LogP contribution in [-0.2, 0) is 0 Å². The molecule has 1 aromatic rings. The van der Waals surface area contributed by atoms with E-state index >= 15 is 0 Å². The van der Waals surface area contributed by atoms with Crippen molar-refractivity contribution in [1.82, 2.24) is 5.32 Å². The number of nitrogens with zero attached hydrogens (tertiary/aromatic N) is 1. The molecule has 0 fully saturated rings. The number of halogens is 1. The minimum absolute atomic E-state index is 0.0548. The maximum Gasteiger partial charge on any atom is 0.252 e. The first-order chi connectivity index (χ1) is 7.86. The maximum atomic E-state index is 11.9. The summed E-state index contributed by atoms with van der Waals surface area (Å²) >= 11 is 3.28. The third-order valence-corrected chi connectivity index (χ3v) is 2.75. The van der Waals surface area contributed by atoms with E-state index in [0.717, 1.165) is 4.47 Å². The Labute approximate surface area is 108 Å². The number of amides is 1. The van der Waals surface area contributed by atoms with Crippen LogP contribution in [0.3, 0.4) is 0 Å². The van der Waals surface area contributed by atoms with Crippen LogP contribution in [0.1, 0.15) is 24.2 Å². The second-order valence-corrected chi connectivity index (χ2v) is 4.99. The molecule has 0 spiro atoms. The number of hydrogen-bond donors (Lipinski definition) is 3. The van der Waals surface area contributed by atoms with Gasteiger partial charge in [0.1, 0.15) is 0 Å². The lowest BCUT2D eigenvalue weighted by atomic mass is 10.0. The Bertz CT molecular complexity index is 458. The summed E-state index contributed by atoms with van der Waals surface area (Å²) in [5.41, 5.74) is 5.07. The van der Waals surface area contributed by atoms with Crippen LogP contribution in [0.4, 0.5) is 0 Å². The molecule has 0 heterocycles.